The quantitative estimate of drug-likeness (QED) is 0.695. The molecule has 2 aromatic rings. The SMILES string of the molecule is CC(C)c1cccc(C(C)C)c1NC(=O)COC(=O)c1ccccc1[S@@](C)=O. The van der Waals surface area contributed by atoms with E-state index in [4.69, 9.17) is 4.74 Å². The molecule has 0 heterocycles. The maximum atomic E-state index is 12.5. The lowest BCUT2D eigenvalue weighted by Gasteiger charge is -2.20. The van der Waals surface area contributed by atoms with Gasteiger partial charge >= 0.3 is 5.97 Å². The van der Waals surface area contributed by atoms with E-state index in [-0.39, 0.29) is 17.4 Å². The van der Waals surface area contributed by atoms with Crippen LogP contribution >= 0.6 is 0 Å². The molecule has 2 rings (SSSR count). The van der Waals surface area contributed by atoms with Crippen LogP contribution in [0.15, 0.2) is 47.4 Å². The van der Waals surface area contributed by atoms with E-state index in [1.54, 1.807) is 24.3 Å². The minimum Gasteiger partial charge on any atom is -0.452 e. The standard InChI is InChI=1S/C22H27NO4S/c1-14(2)16-10-8-11-17(15(3)4)21(16)23-20(24)13-27-22(25)18-9-6-7-12-19(18)28(5)26/h6-12,14-15H,13H2,1-5H3,(H,23,24)/t28-/m1/s1. The molecule has 0 saturated heterocycles. The fraction of sp³-hybridized carbons (Fsp3) is 0.364. The number of carbonyl (C=O) groups is 2. The van der Waals surface area contributed by atoms with Crippen LogP contribution in [0.2, 0.25) is 0 Å². The van der Waals surface area contributed by atoms with E-state index in [0.717, 1.165) is 16.8 Å². The van der Waals surface area contributed by atoms with E-state index < -0.39 is 29.3 Å². The van der Waals surface area contributed by atoms with Crippen molar-refractivity contribution in [2.75, 3.05) is 18.2 Å². The predicted molar refractivity (Wildman–Crippen MR) is 112 cm³/mol. The fourth-order valence-corrected chi connectivity index (χ4v) is 3.70. The Kier molecular flexibility index (Phi) is 7.52. The van der Waals surface area contributed by atoms with Gasteiger partial charge in [-0.25, -0.2) is 4.79 Å². The van der Waals surface area contributed by atoms with Crippen LogP contribution in [0, 0.1) is 0 Å². The zero-order valence-corrected chi connectivity index (χ0v) is 17.8. The van der Waals surface area contributed by atoms with Crippen molar-refractivity contribution >= 4 is 28.4 Å². The monoisotopic (exact) mass is 401 g/mol. The molecule has 1 N–H and O–H groups in total. The van der Waals surface area contributed by atoms with Crippen molar-refractivity contribution in [2.24, 2.45) is 0 Å². The van der Waals surface area contributed by atoms with Gasteiger partial charge in [-0.1, -0.05) is 58.0 Å². The Morgan fingerprint density at radius 3 is 2.07 bits per heavy atom. The summed E-state index contributed by atoms with van der Waals surface area (Å²) < 4.78 is 16.9. The maximum absolute atomic E-state index is 12.5. The topological polar surface area (TPSA) is 72.5 Å². The molecule has 150 valence electrons. The lowest BCUT2D eigenvalue weighted by atomic mass is 9.92. The molecule has 0 saturated carbocycles. The zero-order chi connectivity index (χ0) is 20.8. The van der Waals surface area contributed by atoms with E-state index >= 15 is 0 Å². The first-order valence-electron chi connectivity index (χ1n) is 9.24. The van der Waals surface area contributed by atoms with Crippen LogP contribution in [0.4, 0.5) is 5.69 Å². The number of para-hydroxylation sites is 1. The first-order valence-corrected chi connectivity index (χ1v) is 10.8. The third kappa shape index (κ3) is 5.29. The largest absolute Gasteiger partial charge is 0.452 e. The van der Waals surface area contributed by atoms with E-state index in [0.29, 0.717) is 4.90 Å². The highest BCUT2D eigenvalue weighted by Crippen LogP contribution is 2.32. The first-order chi connectivity index (χ1) is 13.2. The average molecular weight is 402 g/mol. The van der Waals surface area contributed by atoms with Gasteiger partial charge in [-0.2, -0.15) is 0 Å². The van der Waals surface area contributed by atoms with Gasteiger partial charge in [0.15, 0.2) is 6.61 Å². The molecule has 28 heavy (non-hydrogen) atoms. The summed E-state index contributed by atoms with van der Waals surface area (Å²) in [6, 6.07) is 12.5. The van der Waals surface area contributed by atoms with Gasteiger partial charge in [0.2, 0.25) is 0 Å². The molecule has 0 aliphatic heterocycles. The van der Waals surface area contributed by atoms with Crippen molar-refractivity contribution in [1.82, 2.24) is 0 Å². The summed E-state index contributed by atoms with van der Waals surface area (Å²) in [7, 11) is -1.33. The molecule has 0 aliphatic carbocycles. The number of hydrogen-bond acceptors (Lipinski definition) is 4. The second-order valence-corrected chi connectivity index (χ2v) is 8.54. The van der Waals surface area contributed by atoms with Crippen LogP contribution in [0.1, 0.15) is 61.0 Å². The summed E-state index contributed by atoms with van der Waals surface area (Å²) in [5.41, 5.74) is 3.07. The number of anilines is 1. The third-order valence-corrected chi connectivity index (χ3v) is 5.36. The Hall–Kier alpha value is -2.47. The Morgan fingerprint density at radius 1 is 0.964 bits per heavy atom. The summed E-state index contributed by atoms with van der Waals surface area (Å²) in [5, 5.41) is 2.91. The summed E-state index contributed by atoms with van der Waals surface area (Å²) in [6.45, 7) is 7.86. The van der Waals surface area contributed by atoms with Gasteiger partial charge in [-0.15, -0.1) is 0 Å². The minimum atomic E-state index is -1.33. The molecule has 0 radical (unpaired) electrons. The van der Waals surface area contributed by atoms with Crippen molar-refractivity contribution in [1.29, 1.82) is 0 Å². The molecule has 2 aromatic carbocycles. The first kappa shape index (κ1) is 21.8. The van der Waals surface area contributed by atoms with Crippen molar-refractivity contribution in [3.63, 3.8) is 0 Å². The van der Waals surface area contributed by atoms with Gasteiger partial charge in [-0.05, 0) is 35.1 Å². The van der Waals surface area contributed by atoms with Crippen molar-refractivity contribution in [2.45, 2.75) is 44.4 Å². The molecule has 1 amide bonds. The number of carbonyl (C=O) groups excluding carboxylic acids is 2. The molecule has 6 heteroatoms. The summed E-state index contributed by atoms with van der Waals surface area (Å²) in [4.78, 5) is 25.2. The molecule has 5 nitrogen and oxygen atoms in total. The highest BCUT2D eigenvalue weighted by Gasteiger charge is 2.19. The number of rotatable bonds is 7. The molecule has 0 spiro atoms. The lowest BCUT2D eigenvalue weighted by Crippen LogP contribution is -2.23. The second kappa shape index (κ2) is 9.64. The molecular weight excluding hydrogens is 374 g/mol. The van der Waals surface area contributed by atoms with E-state index in [1.165, 1.54) is 6.26 Å². The Balaban J connectivity index is 2.14. The van der Waals surface area contributed by atoms with Gasteiger partial charge in [0.05, 0.1) is 21.3 Å². The van der Waals surface area contributed by atoms with Crippen LogP contribution in [0.3, 0.4) is 0 Å². The molecule has 1 atom stereocenters. The normalized spacial score (nSPS) is 12.1. The molecular formula is C22H27NO4S. The Morgan fingerprint density at radius 2 is 1.54 bits per heavy atom. The maximum Gasteiger partial charge on any atom is 0.339 e. The highest BCUT2D eigenvalue weighted by molar-refractivity contribution is 7.84. The van der Waals surface area contributed by atoms with Crippen molar-refractivity contribution in [3.8, 4) is 0 Å². The molecule has 0 bridgehead atoms. The number of nitrogens with one attached hydrogen (secondary N) is 1. The molecule has 0 aromatic heterocycles. The van der Waals surface area contributed by atoms with Gasteiger partial charge in [0, 0.05) is 11.9 Å². The highest BCUT2D eigenvalue weighted by atomic mass is 32.2. The van der Waals surface area contributed by atoms with Crippen LogP contribution in [0.25, 0.3) is 0 Å². The van der Waals surface area contributed by atoms with Crippen LogP contribution in [-0.2, 0) is 20.3 Å². The van der Waals surface area contributed by atoms with Gasteiger partial charge in [-0.3, -0.25) is 9.00 Å². The summed E-state index contributed by atoms with van der Waals surface area (Å²) in [5.74, 6) is -0.591. The van der Waals surface area contributed by atoms with Crippen LogP contribution in [0.5, 0.6) is 0 Å². The van der Waals surface area contributed by atoms with Crippen molar-refractivity contribution in [3.05, 3.63) is 59.2 Å². The number of amides is 1. The fourth-order valence-electron chi connectivity index (χ4n) is 2.97. The zero-order valence-electron chi connectivity index (χ0n) is 16.9. The minimum absolute atomic E-state index is 0.210. The number of esters is 1. The summed E-state index contributed by atoms with van der Waals surface area (Å²) >= 11 is 0. The summed E-state index contributed by atoms with van der Waals surface area (Å²) in [6.07, 6.45) is 1.50. The molecule has 0 unspecified atom stereocenters. The Bertz CT molecular complexity index is 864. The number of benzene rings is 2. The number of hydrogen-bond donors (Lipinski definition) is 1. The van der Waals surface area contributed by atoms with E-state index in [2.05, 4.69) is 33.0 Å². The van der Waals surface area contributed by atoms with Crippen molar-refractivity contribution < 1.29 is 18.5 Å². The van der Waals surface area contributed by atoms with Gasteiger partial charge < -0.3 is 10.1 Å². The lowest BCUT2D eigenvalue weighted by molar-refractivity contribution is -0.119. The second-order valence-electron chi connectivity index (χ2n) is 7.20. The average Bonchev–Trinajstić information content (AvgIpc) is 2.65. The van der Waals surface area contributed by atoms with Crippen LogP contribution in [-0.4, -0.2) is 28.9 Å². The van der Waals surface area contributed by atoms with Gasteiger partial charge in [0.1, 0.15) is 0 Å². The Labute approximate surface area is 168 Å². The van der Waals surface area contributed by atoms with Gasteiger partial charge in [0.25, 0.3) is 5.91 Å². The molecule has 0 fully saturated rings. The van der Waals surface area contributed by atoms with Crippen LogP contribution < -0.4 is 5.32 Å². The smallest absolute Gasteiger partial charge is 0.339 e. The molecule has 0 aliphatic rings. The predicted octanol–water partition coefficient (Wildman–Crippen LogP) is 4.47. The number of ether oxygens (including phenoxy) is 1. The van der Waals surface area contributed by atoms with E-state index in [1.807, 2.05) is 18.2 Å². The van der Waals surface area contributed by atoms with E-state index in [9.17, 15) is 13.8 Å². The third-order valence-electron chi connectivity index (χ3n) is 4.39.